The van der Waals surface area contributed by atoms with E-state index in [1.54, 1.807) is 0 Å². The summed E-state index contributed by atoms with van der Waals surface area (Å²) in [6.45, 7) is 6.73. The average Bonchev–Trinajstić information content (AvgIpc) is 3.14. The van der Waals surface area contributed by atoms with Gasteiger partial charge in [0, 0.05) is 31.6 Å². The van der Waals surface area contributed by atoms with Crippen molar-refractivity contribution in [3.05, 3.63) is 17.6 Å². The third-order valence-corrected chi connectivity index (χ3v) is 3.02. The Morgan fingerprint density at radius 1 is 1.31 bits per heavy atom. The molecular formula is C12H20N4. The fraction of sp³-hybridized carbons (Fsp3) is 0.667. The number of rotatable bonds is 5. The molecule has 0 aromatic carbocycles. The molecule has 0 radical (unpaired) electrons. The van der Waals surface area contributed by atoms with Gasteiger partial charge < -0.3 is 10.6 Å². The Bertz CT molecular complexity index is 356. The average molecular weight is 220 g/mol. The highest BCUT2D eigenvalue weighted by molar-refractivity contribution is 5.40. The lowest BCUT2D eigenvalue weighted by molar-refractivity contribution is 0.802. The van der Waals surface area contributed by atoms with Gasteiger partial charge in [-0.1, -0.05) is 0 Å². The van der Waals surface area contributed by atoms with Crippen LogP contribution in [-0.4, -0.2) is 23.1 Å². The second-order valence-corrected chi connectivity index (χ2v) is 4.23. The summed E-state index contributed by atoms with van der Waals surface area (Å²) in [5.74, 6) is 2.60. The molecular weight excluding hydrogens is 200 g/mol. The van der Waals surface area contributed by atoms with E-state index in [-0.39, 0.29) is 0 Å². The molecule has 1 fully saturated rings. The zero-order valence-corrected chi connectivity index (χ0v) is 10.1. The Morgan fingerprint density at radius 3 is 2.50 bits per heavy atom. The van der Waals surface area contributed by atoms with Crippen LogP contribution in [0.4, 0.5) is 5.82 Å². The van der Waals surface area contributed by atoms with Crippen LogP contribution in [0.5, 0.6) is 0 Å². The topological polar surface area (TPSA) is 55.0 Å². The number of nitrogens with two attached hydrogens (primary N) is 1. The Balaban J connectivity index is 2.31. The molecule has 0 amide bonds. The van der Waals surface area contributed by atoms with Gasteiger partial charge in [0.15, 0.2) is 0 Å². The van der Waals surface area contributed by atoms with Gasteiger partial charge in [-0.15, -0.1) is 0 Å². The predicted molar refractivity (Wildman–Crippen MR) is 65.5 cm³/mol. The Hall–Kier alpha value is -1.16. The van der Waals surface area contributed by atoms with Crippen molar-refractivity contribution < 1.29 is 0 Å². The highest BCUT2D eigenvalue weighted by atomic mass is 15.2. The van der Waals surface area contributed by atoms with Crippen LogP contribution >= 0.6 is 0 Å². The largest absolute Gasteiger partial charge is 0.357 e. The van der Waals surface area contributed by atoms with Crippen molar-refractivity contribution in [1.82, 2.24) is 9.97 Å². The minimum Gasteiger partial charge on any atom is -0.357 e. The van der Waals surface area contributed by atoms with Gasteiger partial charge >= 0.3 is 0 Å². The molecule has 16 heavy (non-hydrogen) atoms. The molecule has 2 rings (SSSR count). The van der Waals surface area contributed by atoms with E-state index in [9.17, 15) is 0 Å². The maximum Gasteiger partial charge on any atom is 0.134 e. The van der Waals surface area contributed by atoms with Gasteiger partial charge in [0.25, 0.3) is 0 Å². The molecule has 1 aliphatic carbocycles. The van der Waals surface area contributed by atoms with Gasteiger partial charge in [-0.2, -0.15) is 0 Å². The van der Waals surface area contributed by atoms with E-state index >= 15 is 0 Å². The minimum atomic E-state index is 0.497. The quantitative estimate of drug-likeness (QED) is 0.820. The van der Waals surface area contributed by atoms with E-state index in [0.29, 0.717) is 12.5 Å². The summed E-state index contributed by atoms with van der Waals surface area (Å²) in [6, 6.07) is 2.01. The highest BCUT2D eigenvalue weighted by Crippen LogP contribution is 2.38. The molecule has 4 heteroatoms. The Kier molecular flexibility index (Phi) is 3.39. The van der Waals surface area contributed by atoms with Crippen LogP contribution in [-0.2, 0) is 6.54 Å². The molecule has 1 aromatic heterocycles. The Morgan fingerprint density at radius 2 is 2.00 bits per heavy atom. The van der Waals surface area contributed by atoms with Crippen molar-refractivity contribution >= 4 is 5.82 Å². The number of anilines is 1. The first-order valence-electron chi connectivity index (χ1n) is 6.11. The van der Waals surface area contributed by atoms with E-state index < -0.39 is 0 Å². The molecule has 88 valence electrons. The molecule has 1 aliphatic rings. The monoisotopic (exact) mass is 220 g/mol. The summed E-state index contributed by atoms with van der Waals surface area (Å²) in [5.41, 5.74) is 6.64. The van der Waals surface area contributed by atoms with Crippen LogP contribution in [0.3, 0.4) is 0 Å². The van der Waals surface area contributed by atoms with Crippen molar-refractivity contribution in [2.75, 3.05) is 18.0 Å². The van der Waals surface area contributed by atoms with Gasteiger partial charge in [-0.25, -0.2) is 9.97 Å². The van der Waals surface area contributed by atoms with Gasteiger partial charge in [0.2, 0.25) is 0 Å². The van der Waals surface area contributed by atoms with Crippen LogP contribution < -0.4 is 10.6 Å². The zero-order chi connectivity index (χ0) is 11.5. The maximum atomic E-state index is 5.68. The van der Waals surface area contributed by atoms with Crippen LogP contribution in [0.15, 0.2) is 6.07 Å². The first-order chi connectivity index (χ1) is 7.78. The fourth-order valence-electron chi connectivity index (χ4n) is 1.84. The van der Waals surface area contributed by atoms with Crippen molar-refractivity contribution in [1.29, 1.82) is 0 Å². The van der Waals surface area contributed by atoms with Crippen LogP contribution in [0, 0.1) is 0 Å². The summed E-state index contributed by atoms with van der Waals surface area (Å²) in [6.07, 6.45) is 2.46. The van der Waals surface area contributed by atoms with Crippen molar-refractivity contribution in [3.8, 4) is 0 Å². The number of nitrogens with zero attached hydrogens (tertiary/aromatic N) is 3. The molecule has 2 N–H and O–H groups in total. The lowest BCUT2D eigenvalue weighted by Gasteiger charge is -2.20. The lowest BCUT2D eigenvalue weighted by Crippen LogP contribution is -2.24. The summed E-state index contributed by atoms with van der Waals surface area (Å²) < 4.78 is 0. The van der Waals surface area contributed by atoms with Crippen LogP contribution in [0.25, 0.3) is 0 Å². The number of aromatic nitrogens is 2. The molecule has 0 atom stereocenters. The summed E-state index contributed by atoms with van der Waals surface area (Å²) in [4.78, 5) is 11.4. The van der Waals surface area contributed by atoms with Gasteiger partial charge in [0.05, 0.1) is 5.69 Å². The van der Waals surface area contributed by atoms with Gasteiger partial charge in [-0.05, 0) is 26.7 Å². The van der Waals surface area contributed by atoms with Gasteiger partial charge in [-0.3, -0.25) is 0 Å². The normalized spacial score (nSPS) is 15.2. The van der Waals surface area contributed by atoms with Gasteiger partial charge in [0.1, 0.15) is 11.6 Å². The molecule has 0 saturated heterocycles. The maximum absolute atomic E-state index is 5.68. The first kappa shape index (κ1) is 11.3. The van der Waals surface area contributed by atoms with E-state index in [2.05, 4.69) is 28.7 Å². The molecule has 0 bridgehead atoms. The summed E-state index contributed by atoms with van der Waals surface area (Å²) in [7, 11) is 0. The van der Waals surface area contributed by atoms with Crippen molar-refractivity contribution in [3.63, 3.8) is 0 Å². The van der Waals surface area contributed by atoms with Crippen LogP contribution in [0.1, 0.15) is 44.1 Å². The van der Waals surface area contributed by atoms with E-state index in [1.807, 2.05) is 6.07 Å². The molecule has 0 unspecified atom stereocenters. The molecule has 4 nitrogen and oxygen atoms in total. The third-order valence-electron chi connectivity index (χ3n) is 3.02. The van der Waals surface area contributed by atoms with Crippen molar-refractivity contribution in [2.45, 2.75) is 39.2 Å². The smallest absolute Gasteiger partial charge is 0.134 e. The molecule has 1 saturated carbocycles. The number of hydrogen-bond donors (Lipinski definition) is 1. The second kappa shape index (κ2) is 4.78. The van der Waals surface area contributed by atoms with E-state index in [4.69, 9.17) is 5.73 Å². The Labute approximate surface area is 96.9 Å². The molecule has 0 spiro atoms. The summed E-state index contributed by atoms with van der Waals surface area (Å²) in [5, 5.41) is 0. The summed E-state index contributed by atoms with van der Waals surface area (Å²) >= 11 is 0. The SMILES string of the molecule is CCN(CC)c1cc(CN)nc(C2CC2)n1. The number of hydrogen-bond acceptors (Lipinski definition) is 4. The van der Waals surface area contributed by atoms with E-state index in [0.717, 1.165) is 30.4 Å². The van der Waals surface area contributed by atoms with Crippen molar-refractivity contribution in [2.24, 2.45) is 5.73 Å². The fourth-order valence-corrected chi connectivity index (χ4v) is 1.84. The van der Waals surface area contributed by atoms with Crippen LogP contribution in [0.2, 0.25) is 0 Å². The lowest BCUT2D eigenvalue weighted by atomic mass is 10.3. The highest BCUT2D eigenvalue weighted by Gasteiger charge is 2.27. The zero-order valence-electron chi connectivity index (χ0n) is 10.1. The second-order valence-electron chi connectivity index (χ2n) is 4.23. The first-order valence-corrected chi connectivity index (χ1v) is 6.11. The minimum absolute atomic E-state index is 0.497. The molecule has 0 aliphatic heterocycles. The molecule has 1 aromatic rings. The standard InChI is InChI=1S/C12H20N4/c1-3-16(4-2)11-7-10(8-13)14-12(15-11)9-5-6-9/h7,9H,3-6,8,13H2,1-2H3. The molecule has 1 heterocycles. The third kappa shape index (κ3) is 2.32. The predicted octanol–water partition coefficient (Wildman–Crippen LogP) is 1.66. The van der Waals surface area contributed by atoms with E-state index in [1.165, 1.54) is 12.8 Å².